The Morgan fingerprint density at radius 3 is 2.81 bits per heavy atom. The zero-order valence-corrected chi connectivity index (χ0v) is 18.5. The Kier molecular flexibility index (Phi) is 6.21. The van der Waals surface area contributed by atoms with Crippen LogP contribution >= 0.6 is 0 Å². The van der Waals surface area contributed by atoms with E-state index in [1.54, 1.807) is 12.4 Å². The largest absolute Gasteiger partial charge is 0.359 e. The summed E-state index contributed by atoms with van der Waals surface area (Å²) in [5.74, 6) is 1.31. The summed E-state index contributed by atoms with van der Waals surface area (Å²) >= 11 is 0. The van der Waals surface area contributed by atoms with E-state index in [1.165, 1.54) is 5.56 Å². The molecule has 31 heavy (non-hydrogen) atoms. The molecule has 0 radical (unpaired) electrons. The van der Waals surface area contributed by atoms with Crippen LogP contribution in [0.25, 0.3) is 5.70 Å². The molecule has 1 aromatic heterocycles. The van der Waals surface area contributed by atoms with Crippen molar-refractivity contribution in [1.82, 2.24) is 14.8 Å². The number of likely N-dealkylation sites (tertiary alicyclic amines) is 1. The summed E-state index contributed by atoms with van der Waals surface area (Å²) in [6.45, 7) is 12.7. The van der Waals surface area contributed by atoms with Gasteiger partial charge in [-0.15, -0.1) is 0 Å². The highest BCUT2D eigenvalue weighted by molar-refractivity contribution is 5.91. The predicted molar refractivity (Wildman–Crippen MR) is 129 cm³/mol. The first kappa shape index (κ1) is 20.9. The molecule has 1 N–H and O–H groups in total. The molecule has 160 valence electrons. The van der Waals surface area contributed by atoms with Gasteiger partial charge in [0.1, 0.15) is 0 Å². The van der Waals surface area contributed by atoms with E-state index in [-0.39, 0.29) is 0 Å². The van der Waals surface area contributed by atoms with Crippen LogP contribution in [0, 0.1) is 5.92 Å². The Balaban J connectivity index is 1.50. The maximum Gasteiger partial charge on any atom is 0.206 e. The van der Waals surface area contributed by atoms with Gasteiger partial charge >= 0.3 is 0 Å². The molecule has 1 fully saturated rings. The second-order valence-electron chi connectivity index (χ2n) is 8.22. The Labute approximate surface area is 185 Å². The van der Waals surface area contributed by atoms with Gasteiger partial charge in [0.2, 0.25) is 5.96 Å². The van der Waals surface area contributed by atoms with Crippen molar-refractivity contribution in [2.45, 2.75) is 26.2 Å². The highest BCUT2D eigenvalue weighted by Gasteiger charge is 2.28. The minimum Gasteiger partial charge on any atom is -0.359 e. The van der Waals surface area contributed by atoms with Crippen molar-refractivity contribution < 1.29 is 0 Å². The molecular weight excluding hydrogens is 382 g/mol. The summed E-state index contributed by atoms with van der Waals surface area (Å²) in [5, 5.41) is 3.55. The lowest BCUT2D eigenvalue weighted by atomic mass is 9.95. The van der Waals surface area contributed by atoms with Gasteiger partial charge in [0, 0.05) is 61.1 Å². The third kappa shape index (κ3) is 4.71. The molecule has 1 unspecified atom stereocenters. The van der Waals surface area contributed by atoms with Gasteiger partial charge in [0.15, 0.2) is 0 Å². The van der Waals surface area contributed by atoms with Crippen LogP contribution in [0.2, 0.25) is 0 Å². The number of hydrogen-bond donors (Lipinski definition) is 1. The van der Waals surface area contributed by atoms with Crippen LogP contribution in [0.15, 0.2) is 84.4 Å². The Hall–Kier alpha value is -3.34. The lowest BCUT2D eigenvalue weighted by Crippen LogP contribution is -2.48. The zero-order valence-electron chi connectivity index (χ0n) is 18.5. The molecule has 5 nitrogen and oxygen atoms in total. The Morgan fingerprint density at radius 1 is 1.23 bits per heavy atom. The highest BCUT2D eigenvalue weighted by Crippen LogP contribution is 2.29. The van der Waals surface area contributed by atoms with Gasteiger partial charge in [-0.1, -0.05) is 32.2 Å². The number of anilines is 1. The minimum atomic E-state index is 0.360. The Bertz CT molecular complexity index is 1020. The number of hydrogen-bond acceptors (Lipinski definition) is 5. The van der Waals surface area contributed by atoms with Crippen molar-refractivity contribution >= 4 is 17.3 Å². The summed E-state index contributed by atoms with van der Waals surface area (Å²) in [7, 11) is 2.04. The van der Waals surface area contributed by atoms with Crippen LogP contribution in [0.5, 0.6) is 0 Å². The number of aryl methyl sites for hydroxylation is 1. The number of rotatable bonds is 5. The fourth-order valence-electron chi connectivity index (χ4n) is 4.15. The number of benzene rings is 1. The van der Waals surface area contributed by atoms with E-state index in [1.807, 2.05) is 25.3 Å². The fourth-order valence-corrected chi connectivity index (χ4v) is 4.15. The molecule has 1 saturated heterocycles. The molecule has 2 aliphatic heterocycles. The van der Waals surface area contributed by atoms with Crippen molar-refractivity contribution in [1.29, 1.82) is 0 Å². The summed E-state index contributed by atoms with van der Waals surface area (Å²) in [5.41, 5.74) is 6.43. The summed E-state index contributed by atoms with van der Waals surface area (Å²) in [4.78, 5) is 13.6. The van der Waals surface area contributed by atoms with Crippen LogP contribution in [0.4, 0.5) is 5.69 Å². The first-order valence-electron chi connectivity index (χ1n) is 11.0. The van der Waals surface area contributed by atoms with Crippen LogP contribution in [-0.2, 0) is 6.42 Å². The molecule has 1 atom stereocenters. The van der Waals surface area contributed by atoms with E-state index < -0.39 is 0 Å². The van der Waals surface area contributed by atoms with E-state index in [2.05, 4.69) is 64.4 Å². The standard InChI is InChI=1S/C26H31N5/c1-5-21-8-6-10-24(17-21)28-20(3)23-9-7-15-31(18-23)26-29-25(16-19(2)30(26)4)22-11-13-27-14-12-22/h6,8,10-14,16-17,23,28H,2-3,5,7,9,15,18H2,1,4H3. The number of nitrogens with one attached hydrogen (secondary N) is 1. The molecule has 1 aromatic carbocycles. The Morgan fingerprint density at radius 2 is 2.03 bits per heavy atom. The first-order chi connectivity index (χ1) is 15.0. The van der Waals surface area contributed by atoms with Crippen molar-refractivity contribution in [3.63, 3.8) is 0 Å². The van der Waals surface area contributed by atoms with Crippen molar-refractivity contribution in [2.75, 3.05) is 25.5 Å². The number of aromatic nitrogens is 1. The molecule has 2 aromatic rings. The van der Waals surface area contributed by atoms with Crippen LogP contribution in [0.3, 0.4) is 0 Å². The molecule has 0 saturated carbocycles. The average Bonchev–Trinajstić information content (AvgIpc) is 2.81. The molecular formula is C26H31N5. The predicted octanol–water partition coefficient (Wildman–Crippen LogP) is 5.14. The first-order valence-corrected chi connectivity index (χ1v) is 11.0. The van der Waals surface area contributed by atoms with Gasteiger partial charge in [-0.25, -0.2) is 4.99 Å². The smallest absolute Gasteiger partial charge is 0.206 e. The lowest BCUT2D eigenvalue weighted by Gasteiger charge is -2.40. The number of guanidine groups is 1. The maximum atomic E-state index is 5.00. The average molecular weight is 414 g/mol. The molecule has 5 heteroatoms. The van der Waals surface area contributed by atoms with Gasteiger partial charge in [-0.05, 0) is 55.2 Å². The van der Waals surface area contributed by atoms with Gasteiger partial charge in [-0.2, -0.15) is 0 Å². The number of likely N-dealkylation sites (N-methyl/N-ethyl adjacent to an activating group) is 1. The van der Waals surface area contributed by atoms with E-state index in [0.29, 0.717) is 5.92 Å². The monoisotopic (exact) mass is 413 g/mol. The molecule has 0 spiro atoms. The van der Waals surface area contributed by atoms with Crippen molar-refractivity contribution in [3.8, 4) is 0 Å². The van der Waals surface area contributed by atoms with Crippen LogP contribution in [-0.4, -0.2) is 40.9 Å². The van der Waals surface area contributed by atoms with Crippen molar-refractivity contribution in [2.24, 2.45) is 10.9 Å². The number of allylic oxidation sites excluding steroid dienone is 1. The van der Waals surface area contributed by atoms with E-state index in [0.717, 1.165) is 66.7 Å². The maximum absolute atomic E-state index is 5.00. The van der Waals surface area contributed by atoms with Crippen LogP contribution < -0.4 is 5.32 Å². The summed E-state index contributed by atoms with van der Waals surface area (Å²) in [6.07, 6.45) is 8.89. The van der Waals surface area contributed by atoms with E-state index >= 15 is 0 Å². The third-order valence-corrected chi connectivity index (χ3v) is 6.07. The number of nitrogens with zero attached hydrogens (tertiary/aromatic N) is 4. The third-order valence-electron chi connectivity index (χ3n) is 6.07. The van der Waals surface area contributed by atoms with Crippen molar-refractivity contribution in [3.05, 3.63) is 90.5 Å². The highest BCUT2D eigenvalue weighted by atomic mass is 15.4. The zero-order chi connectivity index (χ0) is 21.8. The lowest BCUT2D eigenvalue weighted by molar-refractivity contribution is 0.264. The van der Waals surface area contributed by atoms with Gasteiger partial charge in [-0.3, -0.25) is 4.98 Å². The molecule has 0 bridgehead atoms. The van der Waals surface area contributed by atoms with Gasteiger partial charge in [0.25, 0.3) is 0 Å². The second-order valence-corrected chi connectivity index (χ2v) is 8.22. The number of aliphatic imine (C=N–C) groups is 1. The molecule has 0 aliphatic carbocycles. The molecule has 0 amide bonds. The minimum absolute atomic E-state index is 0.360. The normalized spacial score (nSPS) is 19.0. The number of piperidine rings is 1. The fraction of sp³-hybridized carbons (Fsp3) is 0.308. The van der Waals surface area contributed by atoms with E-state index in [9.17, 15) is 0 Å². The SMILES string of the molecule is C=C(Nc1cccc(CC)c1)C1CCCN(C2=NC(c3ccncc3)=CC(=C)N2C)C1. The summed E-state index contributed by atoms with van der Waals surface area (Å²) < 4.78 is 0. The van der Waals surface area contributed by atoms with Gasteiger partial charge < -0.3 is 15.1 Å². The molecule has 4 rings (SSSR count). The second kappa shape index (κ2) is 9.21. The van der Waals surface area contributed by atoms with E-state index in [4.69, 9.17) is 4.99 Å². The van der Waals surface area contributed by atoms with Gasteiger partial charge in [0.05, 0.1) is 5.70 Å². The quantitative estimate of drug-likeness (QED) is 0.737. The topological polar surface area (TPSA) is 43.8 Å². The molecule has 2 aliphatic rings. The molecule has 3 heterocycles. The summed E-state index contributed by atoms with van der Waals surface area (Å²) in [6, 6.07) is 12.6. The number of pyridine rings is 1. The van der Waals surface area contributed by atoms with Crippen LogP contribution in [0.1, 0.15) is 30.9 Å².